The summed E-state index contributed by atoms with van der Waals surface area (Å²) in [6.45, 7) is 4.46. The van der Waals surface area contributed by atoms with E-state index in [1.54, 1.807) is 55.3 Å². The second kappa shape index (κ2) is 13.6. The lowest BCUT2D eigenvalue weighted by molar-refractivity contribution is -0.113. The molecule has 0 saturated carbocycles. The molecular weight excluding hydrogens is 518 g/mol. The van der Waals surface area contributed by atoms with Gasteiger partial charge in [-0.2, -0.15) is 11.8 Å². The second-order valence-corrected chi connectivity index (χ2v) is 10.2. The molecule has 1 aromatic heterocycles. The molecular formula is C25H30ClN5O3S2. The van der Waals surface area contributed by atoms with Crippen LogP contribution in [0.25, 0.3) is 0 Å². The highest BCUT2D eigenvalue weighted by Gasteiger charge is 2.23. The number of thioether (sulfide) groups is 2. The van der Waals surface area contributed by atoms with Crippen molar-refractivity contribution in [3.05, 3.63) is 64.4 Å². The topological polar surface area (TPSA) is 98.1 Å². The highest BCUT2D eigenvalue weighted by Crippen LogP contribution is 2.26. The lowest BCUT2D eigenvalue weighted by atomic mass is 10.1. The van der Waals surface area contributed by atoms with Crippen LogP contribution in [-0.4, -0.2) is 51.5 Å². The Balaban J connectivity index is 1.72. The van der Waals surface area contributed by atoms with Gasteiger partial charge in [0, 0.05) is 22.8 Å². The monoisotopic (exact) mass is 547 g/mol. The van der Waals surface area contributed by atoms with Gasteiger partial charge in [0.2, 0.25) is 5.91 Å². The fourth-order valence-corrected chi connectivity index (χ4v) is 4.96. The Hall–Kier alpha value is -2.69. The molecule has 2 amide bonds. The molecule has 11 heteroatoms. The Bertz CT molecular complexity index is 1190. The summed E-state index contributed by atoms with van der Waals surface area (Å²) in [6.07, 6.45) is 2.72. The summed E-state index contributed by atoms with van der Waals surface area (Å²) in [7, 11) is 1.59. The molecule has 3 rings (SSSR count). The smallest absolute Gasteiger partial charge is 0.251 e. The van der Waals surface area contributed by atoms with Gasteiger partial charge in [-0.25, -0.2) is 0 Å². The number of carbonyl (C=O) groups excluding carboxylic acids is 2. The van der Waals surface area contributed by atoms with Crippen molar-refractivity contribution >= 4 is 52.6 Å². The molecule has 1 unspecified atom stereocenters. The van der Waals surface area contributed by atoms with Crippen molar-refractivity contribution in [2.24, 2.45) is 0 Å². The van der Waals surface area contributed by atoms with E-state index in [9.17, 15) is 9.59 Å². The maximum atomic E-state index is 13.0. The van der Waals surface area contributed by atoms with Gasteiger partial charge in [0.1, 0.15) is 5.75 Å². The molecule has 8 nitrogen and oxygen atoms in total. The van der Waals surface area contributed by atoms with E-state index in [-0.39, 0.29) is 23.6 Å². The highest BCUT2D eigenvalue weighted by molar-refractivity contribution is 7.99. The molecule has 0 saturated heterocycles. The summed E-state index contributed by atoms with van der Waals surface area (Å²) in [4.78, 5) is 25.5. The molecule has 0 fully saturated rings. The van der Waals surface area contributed by atoms with Crippen LogP contribution in [0.2, 0.25) is 5.02 Å². The first kappa shape index (κ1) is 27.9. The lowest BCUT2D eigenvalue weighted by Gasteiger charge is -2.19. The first-order valence-corrected chi connectivity index (χ1v) is 14.2. The Morgan fingerprint density at radius 1 is 1.17 bits per heavy atom. The van der Waals surface area contributed by atoms with Gasteiger partial charge in [0.15, 0.2) is 11.0 Å². The van der Waals surface area contributed by atoms with Gasteiger partial charge in [-0.1, -0.05) is 29.4 Å². The Kier molecular flexibility index (Phi) is 10.5. The van der Waals surface area contributed by atoms with E-state index in [2.05, 4.69) is 20.8 Å². The fourth-order valence-electron chi connectivity index (χ4n) is 3.51. The number of rotatable bonds is 12. The molecule has 0 aliphatic carbocycles. The quantitative estimate of drug-likeness (QED) is 0.300. The van der Waals surface area contributed by atoms with Crippen molar-refractivity contribution in [2.75, 3.05) is 30.2 Å². The van der Waals surface area contributed by atoms with Crippen LogP contribution in [0.5, 0.6) is 5.75 Å². The third-order valence-corrected chi connectivity index (χ3v) is 7.54. The predicted molar refractivity (Wildman–Crippen MR) is 147 cm³/mol. The standard InChI is InChI=1S/C25H30ClN5O3S2/c1-5-31-23(21(13-14-35-4)28-24(33)17-9-11-18(34-3)12-10-17)29-30-25(31)36-15-22(32)27-20-8-6-7-19(26)16(20)2/h6-12,21H,5,13-15H2,1-4H3,(H,27,32)(H,28,33). The summed E-state index contributed by atoms with van der Waals surface area (Å²) >= 11 is 9.15. The third-order valence-electron chi connectivity index (χ3n) is 5.52. The molecule has 2 N–H and O–H groups in total. The lowest BCUT2D eigenvalue weighted by Crippen LogP contribution is -2.31. The van der Waals surface area contributed by atoms with E-state index in [1.165, 1.54) is 11.8 Å². The number of nitrogens with zero attached hydrogens (tertiary/aromatic N) is 3. The van der Waals surface area contributed by atoms with Crippen LogP contribution in [-0.2, 0) is 11.3 Å². The highest BCUT2D eigenvalue weighted by atomic mass is 35.5. The van der Waals surface area contributed by atoms with Gasteiger partial charge < -0.3 is 19.9 Å². The van der Waals surface area contributed by atoms with Gasteiger partial charge in [0.05, 0.1) is 18.9 Å². The fraction of sp³-hybridized carbons (Fsp3) is 0.360. The zero-order valence-electron chi connectivity index (χ0n) is 20.7. The van der Waals surface area contributed by atoms with Crippen LogP contribution in [0, 0.1) is 6.92 Å². The number of ether oxygens (including phenoxy) is 1. The van der Waals surface area contributed by atoms with Gasteiger partial charge >= 0.3 is 0 Å². The predicted octanol–water partition coefficient (Wildman–Crippen LogP) is 5.22. The zero-order chi connectivity index (χ0) is 26.1. The number of halogens is 1. The first-order valence-electron chi connectivity index (χ1n) is 11.4. The van der Waals surface area contributed by atoms with E-state index >= 15 is 0 Å². The van der Waals surface area contributed by atoms with E-state index in [1.807, 2.05) is 30.7 Å². The Morgan fingerprint density at radius 2 is 1.92 bits per heavy atom. The molecule has 2 aromatic carbocycles. The van der Waals surface area contributed by atoms with Crippen LogP contribution < -0.4 is 15.4 Å². The van der Waals surface area contributed by atoms with E-state index in [0.29, 0.717) is 46.0 Å². The number of benzene rings is 2. The number of nitrogens with one attached hydrogen (secondary N) is 2. The number of amides is 2. The Labute approximate surface area is 224 Å². The molecule has 3 aromatic rings. The number of aromatic nitrogens is 3. The van der Waals surface area contributed by atoms with Crippen LogP contribution in [0.4, 0.5) is 5.69 Å². The maximum Gasteiger partial charge on any atom is 0.251 e. The second-order valence-electron chi connectivity index (χ2n) is 7.87. The summed E-state index contributed by atoms with van der Waals surface area (Å²) < 4.78 is 7.12. The minimum Gasteiger partial charge on any atom is -0.497 e. The number of hydrogen-bond donors (Lipinski definition) is 2. The molecule has 0 aliphatic rings. The minimum absolute atomic E-state index is 0.163. The molecule has 36 heavy (non-hydrogen) atoms. The summed E-state index contributed by atoms with van der Waals surface area (Å²) in [5.41, 5.74) is 2.04. The number of methoxy groups -OCH3 is 1. The van der Waals surface area contributed by atoms with Crippen LogP contribution >= 0.6 is 35.1 Å². The van der Waals surface area contributed by atoms with Gasteiger partial charge in [-0.05, 0) is 74.2 Å². The van der Waals surface area contributed by atoms with Crippen LogP contribution in [0.15, 0.2) is 47.6 Å². The van der Waals surface area contributed by atoms with Crippen LogP contribution in [0.1, 0.15) is 41.1 Å². The number of hydrogen-bond acceptors (Lipinski definition) is 7. The van der Waals surface area contributed by atoms with Crippen molar-refractivity contribution in [2.45, 2.75) is 38.0 Å². The third kappa shape index (κ3) is 7.18. The molecule has 0 bridgehead atoms. The van der Waals surface area contributed by atoms with Crippen molar-refractivity contribution in [3.63, 3.8) is 0 Å². The summed E-state index contributed by atoms with van der Waals surface area (Å²) in [5, 5.41) is 16.0. The summed E-state index contributed by atoms with van der Waals surface area (Å²) in [5.74, 6) is 2.00. The van der Waals surface area contributed by atoms with Crippen molar-refractivity contribution in [3.8, 4) is 5.75 Å². The zero-order valence-corrected chi connectivity index (χ0v) is 23.1. The van der Waals surface area contributed by atoms with Crippen molar-refractivity contribution in [1.29, 1.82) is 0 Å². The average Bonchev–Trinajstić information content (AvgIpc) is 3.30. The van der Waals surface area contributed by atoms with E-state index in [4.69, 9.17) is 16.3 Å². The molecule has 1 atom stereocenters. The largest absolute Gasteiger partial charge is 0.497 e. The molecule has 0 aliphatic heterocycles. The average molecular weight is 548 g/mol. The van der Waals surface area contributed by atoms with E-state index in [0.717, 1.165) is 11.3 Å². The maximum absolute atomic E-state index is 13.0. The SMILES string of the molecule is CCn1c(SCC(=O)Nc2cccc(Cl)c2C)nnc1C(CCSC)NC(=O)c1ccc(OC)cc1. The molecule has 1 heterocycles. The van der Waals surface area contributed by atoms with Crippen molar-refractivity contribution < 1.29 is 14.3 Å². The van der Waals surface area contributed by atoms with Gasteiger partial charge in [-0.3, -0.25) is 9.59 Å². The Morgan fingerprint density at radius 3 is 2.58 bits per heavy atom. The normalized spacial score (nSPS) is 11.7. The first-order chi connectivity index (χ1) is 17.4. The number of anilines is 1. The van der Waals surface area contributed by atoms with Crippen molar-refractivity contribution in [1.82, 2.24) is 20.1 Å². The molecule has 0 radical (unpaired) electrons. The minimum atomic E-state index is -0.322. The van der Waals surface area contributed by atoms with Crippen LogP contribution in [0.3, 0.4) is 0 Å². The van der Waals surface area contributed by atoms with Gasteiger partial charge in [-0.15, -0.1) is 10.2 Å². The van der Waals surface area contributed by atoms with E-state index < -0.39 is 0 Å². The molecule has 0 spiro atoms. The number of carbonyl (C=O) groups is 2. The van der Waals surface area contributed by atoms with Gasteiger partial charge in [0.25, 0.3) is 5.91 Å². The summed E-state index contributed by atoms with van der Waals surface area (Å²) in [6, 6.07) is 12.0. The molecule has 192 valence electrons.